The minimum Gasteiger partial charge on any atom is -0.207 e. The first kappa shape index (κ1) is 11.1. The second kappa shape index (κ2) is 5.12. The first-order valence-electron chi connectivity index (χ1n) is 5.93. The Hall–Kier alpha value is -1.36. The summed E-state index contributed by atoms with van der Waals surface area (Å²) in [5.41, 5.74) is 1.20. The second-order valence-corrected chi connectivity index (χ2v) is 4.56. The molecule has 1 aromatic carbocycles. The van der Waals surface area contributed by atoms with Gasteiger partial charge in [-0.15, -0.1) is 0 Å². The molecule has 2 unspecified atom stereocenters. The summed E-state index contributed by atoms with van der Waals surface area (Å²) in [6.07, 6.45) is 5.35. The Labute approximate surface area is 95.9 Å². The van der Waals surface area contributed by atoms with Crippen LogP contribution in [0.2, 0.25) is 0 Å². The van der Waals surface area contributed by atoms with Crippen LogP contribution in [0.4, 0.5) is 4.39 Å². The normalized spacial score (nSPS) is 25.0. The Kier molecular flexibility index (Phi) is 3.56. The van der Waals surface area contributed by atoms with Crippen molar-refractivity contribution < 1.29 is 4.39 Å². The number of halogens is 1. The molecule has 2 heteroatoms. The number of benzene rings is 1. The van der Waals surface area contributed by atoms with Crippen molar-refractivity contribution >= 4 is 0 Å². The summed E-state index contributed by atoms with van der Waals surface area (Å²) >= 11 is 0. The van der Waals surface area contributed by atoms with Crippen molar-refractivity contribution in [2.45, 2.75) is 38.0 Å². The highest BCUT2D eigenvalue weighted by atomic mass is 19.1. The molecule has 0 N–H and O–H groups in total. The van der Waals surface area contributed by atoms with Gasteiger partial charge in [-0.2, -0.15) is 5.26 Å². The molecule has 0 radical (unpaired) electrons. The van der Waals surface area contributed by atoms with E-state index in [1.807, 2.05) is 12.1 Å². The average molecular weight is 217 g/mol. The van der Waals surface area contributed by atoms with Gasteiger partial charge in [0.1, 0.15) is 5.82 Å². The summed E-state index contributed by atoms with van der Waals surface area (Å²) in [6.45, 7) is 0. The van der Waals surface area contributed by atoms with Crippen LogP contribution in [0.1, 0.15) is 43.6 Å². The van der Waals surface area contributed by atoms with Crippen molar-refractivity contribution in [1.82, 2.24) is 0 Å². The van der Waals surface area contributed by atoms with E-state index in [4.69, 9.17) is 5.26 Å². The van der Waals surface area contributed by atoms with Crippen LogP contribution in [-0.2, 0) is 0 Å². The standard InChI is InChI=1S/C14H16FN/c15-13-7-5-12(6-8-13)14-4-2-1-3-11(14)9-10-16/h5-8,11,14H,1-4,9H2. The lowest BCUT2D eigenvalue weighted by atomic mass is 9.74. The summed E-state index contributed by atoms with van der Waals surface area (Å²) in [7, 11) is 0. The van der Waals surface area contributed by atoms with Crippen LogP contribution >= 0.6 is 0 Å². The molecule has 1 aromatic rings. The van der Waals surface area contributed by atoms with E-state index in [9.17, 15) is 4.39 Å². The zero-order valence-corrected chi connectivity index (χ0v) is 9.32. The number of nitrogens with zero attached hydrogens (tertiary/aromatic N) is 1. The summed E-state index contributed by atoms with van der Waals surface area (Å²) in [5.74, 6) is 0.731. The van der Waals surface area contributed by atoms with Gasteiger partial charge in [-0.05, 0) is 42.4 Å². The van der Waals surface area contributed by atoms with Crippen molar-refractivity contribution in [2.24, 2.45) is 5.92 Å². The van der Waals surface area contributed by atoms with Gasteiger partial charge in [-0.1, -0.05) is 25.0 Å². The van der Waals surface area contributed by atoms with Crippen molar-refractivity contribution in [3.8, 4) is 6.07 Å². The molecule has 1 saturated carbocycles. The van der Waals surface area contributed by atoms with Gasteiger partial charge in [0.2, 0.25) is 0 Å². The van der Waals surface area contributed by atoms with Gasteiger partial charge < -0.3 is 0 Å². The molecule has 0 aromatic heterocycles. The lowest BCUT2D eigenvalue weighted by molar-refractivity contribution is 0.311. The van der Waals surface area contributed by atoms with Gasteiger partial charge in [-0.25, -0.2) is 4.39 Å². The maximum atomic E-state index is 12.8. The van der Waals surface area contributed by atoms with Gasteiger partial charge in [0, 0.05) is 6.42 Å². The molecule has 1 aliphatic rings. The molecule has 1 fully saturated rings. The molecule has 84 valence electrons. The van der Waals surface area contributed by atoms with Crippen LogP contribution in [0, 0.1) is 23.1 Å². The third-order valence-corrected chi connectivity index (χ3v) is 3.56. The number of rotatable bonds is 2. The van der Waals surface area contributed by atoms with Crippen LogP contribution in [0.5, 0.6) is 0 Å². The van der Waals surface area contributed by atoms with E-state index in [-0.39, 0.29) is 5.82 Å². The van der Waals surface area contributed by atoms with Crippen LogP contribution in [0.15, 0.2) is 24.3 Å². The predicted molar refractivity (Wildman–Crippen MR) is 61.3 cm³/mol. The van der Waals surface area contributed by atoms with Gasteiger partial charge >= 0.3 is 0 Å². The number of nitriles is 1. The molecule has 0 saturated heterocycles. The summed E-state index contributed by atoms with van der Waals surface area (Å²) in [5, 5.41) is 8.82. The molecule has 0 heterocycles. The highest BCUT2D eigenvalue weighted by molar-refractivity contribution is 5.22. The first-order chi connectivity index (χ1) is 7.81. The minimum atomic E-state index is -0.184. The molecule has 1 nitrogen and oxygen atoms in total. The van der Waals surface area contributed by atoms with Crippen molar-refractivity contribution in [3.63, 3.8) is 0 Å². The van der Waals surface area contributed by atoms with E-state index in [2.05, 4.69) is 6.07 Å². The minimum absolute atomic E-state index is 0.184. The van der Waals surface area contributed by atoms with E-state index in [1.54, 1.807) is 0 Å². The SMILES string of the molecule is N#CCC1CCCCC1c1ccc(F)cc1. The number of hydrogen-bond acceptors (Lipinski definition) is 1. The van der Waals surface area contributed by atoms with Gasteiger partial charge in [-0.3, -0.25) is 0 Å². The van der Waals surface area contributed by atoms with E-state index in [0.29, 0.717) is 18.3 Å². The molecule has 0 amide bonds. The monoisotopic (exact) mass is 217 g/mol. The molecular formula is C14H16FN. The molecule has 0 spiro atoms. The molecule has 1 aliphatic carbocycles. The highest BCUT2D eigenvalue weighted by Crippen LogP contribution is 2.39. The fraction of sp³-hybridized carbons (Fsp3) is 0.500. The zero-order chi connectivity index (χ0) is 11.4. The molecular weight excluding hydrogens is 201 g/mol. The Balaban J connectivity index is 2.16. The van der Waals surface area contributed by atoms with E-state index in [1.165, 1.54) is 30.5 Å². The van der Waals surface area contributed by atoms with Crippen molar-refractivity contribution in [1.29, 1.82) is 5.26 Å². The van der Waals surface area contributed by atoms with Gasteiger partial charge in [0.15, 0.2) is 0 Å². The van der Waals surface area contributed by atoms with E-state index < -0.39 is 0 Å². The Morgan fingerprint density at radius 1 is 1.19 bits per heavy atom. The van der Waals surface area contributed by atoms with Gasteiger partial charge in [0.25, 0.3) is 0 Å². The van der Waals surface area contributed by atoms with Gasteiger partial charge in [0.05, 0.1) is 6.07 Å². The highest BCUT2D eigenvalue weighted by Gasteiger charge is 2.25. The average Bonchev–Trinajstić information content (AvgIpc) is 2.32. The topological polar surface area (TPSA) is 23.8 Å². The quantitative estimate of drug-likeness (QED) is 0.734. The molecule has 16 heavy (non-hydrogen) atoms. The zero-order valence-electron chi connectivity index (χ0n) is 9.32. The van der Waals surface area contributed by atoms with Crippen LogP contribution in [-0.4, -0.2) is 0 Å². The third-order valence-electron chi connectivity index (χ3n) is 3.56. The van der Waals surface area contributed by atoms with Crippen LogP contribution in [0.3, 0.4) is 0 Å². The summed E-state index contributed by atoms with van der Waals surface area (Å²) < 4.78 is 12.8. The smallest absolute Gasteiger partial charge is 0.123 e. The lowest BCUT2D eigenvalue weighted by Crippen LogP contribution is -2.17. The first-order valence-corrected chi connectivity index (χ1v) is 5.93. The van der Waals surface area contributed by atoms with Crippen LogP contribution < -0.4 is 0 Å². The Bertz CT molecular complexity index is 377. The molecule has 0 aliphatic heterocycles. The van der Waals surface area contributed by atoms with Crippen molar-refractivity contribution in [2.75, 3.05) is 0 Å². The van der Waals surface area contributed by atoms with Crippen molar-refractivity contribution in [3.05, 3.63) is 35.6 Å². The summed E-state index contributed by atoms with van der Waals surface area (Å²) in [6, 6.07) is 9.06. The largest absolute Gasteiger partial charge is 0.207 e. The second-order valence-electron chi connectivity index (χ2n) is 4.56. The maximum absolute atomic E-state index is 12.8. The molecule has 2 rings (SSSR count). The maximum Gasteiger partial charge on any atom is 0.123 e. The molecule has 0 bridgehead atoms. The Morgan fingerprint density at radius 2 is 1.88 bits per heavy atom. The van der Waals surface area contributed by atoms with E-state index >= 15 is 0 Å². The fourth-order valence-corrected chi connectivity index (χ4v) is 2.72. The van der Waals surface area contributed by atoms with E-state index in [0.717, 1.165) is 12.8 Å². The lowest BCUT2D eigenvalue weighted by Gasteiger charge is -2.30. The Morgan fingerprint density at radius 3 is 2.56 bits per heavy atom. The fourth-order valence-electron chi connectivity index (χ4n) is 2.72. The predicted octanol–water partition coefficient (Wildman–Crippen LogP) is 4.01. The number of hydrogen-bond donors (Lipinski definition) is 0. The summed E-state index contributed by atoms with van der Waals surface area (Å²) in [4.78, 5) is 0. The third kappa shape index (κ3) is 2.41. The molecule has 2 atom stereocenters. The van der Waals surface area contributed by atoms with Crippen LogP contribution in [0.25, 0.3) is 0 Å².